The molecule has 40 heavy (non-hydrogen) atoms. The van der Waals surface area contributed by atoms with Gasteiger partial charge in [-0.05, 0) is 55.7 Å². The van der Waals surface area contributed by atoms with Crippen molar-refractivity contribution in [3.8, 4) is 17.2 Å². The van der Waals surface area contributed by atoms with E-state index in [-0.39, 0.29) is 23.3 Å². The summed E-state index contributed by atoms with van der Waals surface area (Å²) in [6.07, 6.45) is 9.92. The van der Waals surface area contributed by atoms with E-state index in [9.17, 15) is 14.4 Å². The van der Waals surface area contributed by atoms with Gasteiger partial charge in [-0.25, -0.2) is 4.79 Å². The quantitative estimate of drug-likeness (QED) is 0.0668. The number of unbranched alkanes of at least 4 members (excludes halogenated alkanes) is 7. The van der Waals surface area contributed by atoms with Crippen LogP contribution in [-0.2, 0) is 4.74 Å². The molecule has 2 aromatic carbocycles. The number of esters is 1. The van der Waals surface area contributed by atoms with Crippen LogP contribution in [0.3, 0.4) is 0 Å². The number of ether oxygens (including phenoxy) is 4. The monoisotopic (exact) mass is 554 g/mol. The minimum absolute atomic E-state index is 0.167. The Bertz CT molecular complexity index is 1080. The van der Waals surface area contributed by atoms with E-state index in [0.717, 1.165) is 57.8 Å². The second-order valence-corrected chi connectivity index (χ2v) is 9.91. The lowest BCUT2D eigenvalue weighted by Gasteiger charge is -2.14. The van der Waals surface area contributed by atoms with Crippen LogP contribution in [0.2, 0.25) is 0 Å². The Morgan fingerprint density at radius 3 is 1.82 bits per heavy atom. The topological polar surface area (TPSA) is 88.1 Å². The van der Waals surface area contributed by atoms with Gasteiger partial charge in [-0.15, -0.1) is 0 Å². The molecule has 0 aliphatic rings. The summed E-state index contributed by atoms with van der Waals surface area (Å²) in [4.78, 5) is 38.8. The number of rotatable bonds is 21. The van der Waals surface area contributed by atoms with Crippen molar-refractivity contribution in [1.82, 2.24) is 0 Å². The van der Waals surface area contributed by atoms with E-state index in [2.05, 4.69) is 13.8 Å². The molecule has 0 aliphatic heterocycles. The third-order valence-corrected chi connectivity index (χ3v) is 6.56. The van der Waals surface area contributed by atoms with Crippen LogP contribution in [0.5, 0.6) is 17.2 Å². The molecule has 0 saturated carbocycles. The maximum atomic E-state index is 13.2. The standard InChI is InChI=1S/C33H46O7/c1-5-8-11-13-20-38-31-18-15-25(23-32(31)39-21-14-12-9-6-2)28(34)24-29(35)27-22-26(16-17-30(27)37-4)33(36)40-19-10-7-3/h15-18,22-23H,5-14,19-21,24H2,1-4H3. The molecule has 0 amide bonds. The number of Topliss-reactive ketones (excluding diaryl/α,β-unsaturated/α-hetero) is 2. The molecule has 220 valence electrons. The van der Waals surface area contributed by atoms with Gasteiger partial charge in [0, 0.05) is 5.56 Å². The van der Waals surface area contributed by atoms with Gasteiger partial charge >= 0.3 is 5.97 Å². The van der Waals surface area contributed by atoms with E-state index >= 15 is 0 Å². The Morgan fingerprint density at radius 1 is 0.600 bits per heavy atom. The number of ketones is 2. The molecule has 7 nitrogen and oxygen atoms in total. The van der Waals surface area contributed by atoms with Crippen LogP contribution in [0.4, 0.5) is 0 Å². The van der Waals surface area contributed by atoms with Crippen LogP contribution < -0.4 is 14.2 Å². The molecule has 0 saturated heterocycles. The predicted molar refractivity (Wildman–Crippen MR) is 157 cm³/mol. The molecule has 0 spiro atoms. The van der Waals surface area contributed by atoms with Crippen molar-refractivity contribution in [3.05, 3.63) is 53.1 Å². The first-order chi connectivity index (χ1) is 19.4. The highest BCUT2D eigenvalue weighted by Crippen LogP contribution is 2.30. The smallest absolute Gasteiger partial charge is 0.338 e. The van der Waals surface area contributed by atoms with Crippen molar-refractivity contribution in [3.63, 3.8) is 0 Å². The first-order valence-corrected chi connectivity index (χ1v) is 14.8. The molecule has 0 N–H and O–H groups in total. The fraction of sp³-hybridized carbons (Fsp3) is 0.545. The van der Waals surface area contributed by atoms with E-state index in [1.807, 2.05) is 6.92 Å². The largest absolute Gasteiger partial charge is 0.496 e. The van der Waals surface area contributed by atoms with Crippen molar-refractivity contribution in [2.45, 2.75) is 91.4 Å². The first-order valence-electron chi connectivity index (χ1n) is 14.8. The maximum absolute atomic E-state index is 13.2. The van der Waals surface area contributed by atoms with Gasteiger partial charge in [0.2, 0.25) is 0 Å². The van der Waals surface area contributed by atoms with Crippen molar-refractivity contribution in [2.24, 2.45) is 0 Å². The van der Waals surface area contributed by atoms with Gasteiger partial charge in [0.05, 0.1) is 44.5 Å². The van der Waals surface area contributed by atoms with E-state index in [0.29, 0.717) is 42.6 Å². The number of methoxy groups -OCH3 is 1. The summed E-state index contributed by atoms with van der Waals surface area (Å²) < 4.78 is 22.6. The van der Waals surface area contributed by atoms with Crippen LogP contribution in [0, 0.1) is 0 Å². The summed E-state index contributed by atoms with van der Waals surface area (Å²) >= 11 is 0. The molecule has 0 fully saturated rings. The van der Waals surface area contributed by atoms with Gasteiger partial charge in [-0.3, -0.25) is 9.59 Å². The van der Waals surface area contributed by atoms with E-state index in [4.69, 9.17) is 18.9 Å². The third-order valence-electron chi connectivity index (χ3n) is 6.56. The Balaban J connectivity index is 2.16. The zero-order chi connectivity index (χ0) is 29.2. The molecule has 0 bridgehead atoms. The molecule has 0 aromatic heterocycles. The fourth-order valence-corrected chi connectivity index (χ4v) is 4.12. The average molecular weight is 555 g/mol. The van der Waals surface area contributed by atoms with Gasteiger partial charge in [0.1, 0.15) is 5.75 Å². The van der Waals surface area contributed by atoms with E-state index in [1.165, 1.54) is 19.6 Å². The molecule has 2 aromatic rings. The molecular weight excluding hydrogens is 508 g/mol. The number of hydrogen-bond donors (Lipinski definition) is 0. The zero-order valence-electron chi connectivity index (χ0n) is 24.7. The predicted octanol–water partition coefficient (Wildman–Crippen LogP) is 8.03. The number of hydrogen-bond acceptors (Lipinski definition) is 7. The van der Waals surface area contributed by atoms with Crippen LogP contribution in [-0.4, -0.2) is 44.5 Å². The van der Waals surface area contributed by atoms with Gasteiger partial charge in [0.15, 0.2) is 23.1 Å². The Labute approximate surface area is 239 Å². The lowest BCUT2D eigenvalue weighted by molar-refractivity contribution is 0.0499. The van der Waals surface area contributed by atoms with Crippen molar-refractivity contribution < 1.29 is 33.3 Å². The Kier molecular flexibility index (Phi) is 15.5. The van der Waals surface area contributed by atoms with Gasteiger partial charge in [-0.1, -0.05) is 65.7 Å². The average Bonchev–Trinajstić information content (AvgIpc) is 2.97. The summed E-state index contributed by atoms with van der Waals surface area (Å²) in [5, 5.41) is 0. The molecule has 0 atom stereocenters. The fourth-order valence-electron chi connectivity index (χ4n) is 4.12. The number of carbonyl (C=O) groups excluding carboxylic acids is 3. The summed E-state index contributed by atoms with van der Waals surface area (Å²) in [7, 11) is 1.44. The van der Waals surface area contributed by atoms with Crippen molar-refractivity contribution >= 4 is 17.5 Å². The SMILES string of the molecule is CCCCCCOc1ccc(C(=O)CC(=O)c2cc(C(=O)OCCCC)ccc2OC)cc1OCCCCCC. The summed E-state index contributed by atoms with van der Waals surface area (Å²) in [5.41, 5.74) is 0.774. The highest BCUT2D eigenvalue weighted by Gasteiger charge is 2.21. The molecular formula is C33H46O7. The van der Waals surface area contributed by atoms with Crippen molar-refractivity contribution in [2.75, 3.05) is 26.9 Å². The second kappa shape index (κ2) is 18.9. The summed E-state index contributed by atoms with van der Waals surface area (Å²) in [5.74, 6) is 0.107. The molecule has 7 heteroatoms. The minimum Gasteiger partial charge on any atom is -0.496 e. The maximum Gasteiger partial charge on any atom is 0.338 e. The minimum atomic E-state index is -0.512. The summed E-state index contributed by atoms with van der Waals surface area (Å²) in [6.45, 7) is 7.75. The summed E-state index contributed by atoms with van der Waals surface area (Å²) in [6, 6.07) is 9.60. The Hall–Kier alpha value is -3.35. The second-order valence-electron chi connectivity index (χ2n) is 9.91. The van der Waals surface area contributed by atoms with Crippen LogP contribution in [0.15, 0.2) is 36.4 Å². The van der Waals surface area contributed by atoms with Gasteiger partial charge in [-0.2, -0.15) is 0 Å². The van der Waals surface area contributed by atoms with Gasteiger partial charge in [0.25, 0.3) is 0 Å². The number of carbonyl (C=O) groups is 3. The molecule has 0 heterocycles. The lowest BCUT2D eigenvalue weighted by Crippen LogP contribution is -2.13. The molecule has 2 rings (SSSR count). The highest BCUT2D eigenvalue weighted by atomic mass is 16.5. The van der Waals surface area contributed by atoms with Crippen LogP contribution in [0.25, 0.3) is 0 Å². The molecule has 0 radical (unpaired) electrons. The molecule has 0 unspecified atom stereocenters. The normalized spacial score (nSPS) is 10.7. The van der Waals surface area contributed by atoms with Crippen LogP contribution in [0.1, 0.15) is 122 Å². The van der Waals surface area contributed by atoms with Crippen LogP contribution >= 0.6 is 0 Å². The number of benzene rings is 2. The molecule has 0 aliphatic carbocycles. The van der Waals surface area contributed by atoms with E-state index in [1.54, 1.807) is 30.3 Å². The van der Waals surface area contributed by atoms with E-state index < -0.39 is 11.8 Å². The zero-order valence-corrected chi connectivity index (χ0v) is 24.7. The first kappa shape index (κ1) is 32.9. The third kappa shape index (κ3) is 11.0. The van der Waals surface area contributed by atoms with Gasteiger partial charge < -0.3 is 18.9 Å². The Morgan fingerprint density at radius 2 is 1.20 bits per heavy atom. The highest BCUT2D eigenvalue weighted by molar-refractivity contribution is 6.15. The lowest BCUT2D eigenvalue weighted by atomic mass is 9.99. The van der Waals surface area contributed by atoms with Crippen molar-refractivity contribution in [1.29, 1.82) is 0 Å².